The number of likely N-dealkylation sites (tertiary alicyclic amines) is 1. The van der Waals surface area contributed by atoms with Gasteiger partial charge in [0.2, 0.25) is 5.91 Å². The number of hydrogen-bond donors (Lipinski definition) is 2. The molecule has 1 aromatic carbocycles. The second-order valence-corrected chi connectivity index (χ2v) is 4.78. The highest BCUT2D eigenvalue weighted by atomic mass is 16.1. The van der Waals surface area contributed by atoms with Gasteiger partial charge in [-0.15, -0.1) is 0 Å². The van der Waals surface area contributed by atoms with E-state index in [9.17, 15) is 4.79 Å². The van der Waals surface area contributed by atoms with Crippen LogP contribution in [0.4, 0.5) is 0 Å². The number of benzene rings is 1. The van der Waals surface area contributed by atoms with E-state index in [0.717, 1.165) is 18.7 Å². The number of primary amides is 1. The van der Waals surface area contributed by atoms with Crippen molar-refractivity contribution in [2.45, 2.75) is 25.8 Å². The van der Waals surface area contributed by atoms with Gasteiger partial charge >= 0.3 is 0 Å². The fourth-order valence-electron chi connectivity index (χ4n) is 2.17. The summed E-state index contributed by atoms with van der Waals surface area (Å²) in [4.78, 5) is 17.5. The minimum absolute atomic E-state index is 0.414. The van der Waals surface area contributed by atoms with Gasteiger partial charge in [0, 0.05) is 18.7 Å². The highest BCUT2D eigenvalue weighted by Gasteiger charge is 2.11. The Morgan fingerprint density at radius 2 is 1.74 bits per heavy atom. The summed E-state index contributed by atoms with van der Waals surface area (Å²) >= 11 is 0. The van der Waals surface area contributed by atoms with E-state index in [1.807, 2.05) is 12.1 Å². The average molecular weight is 260 g/mol. The molecule has 19 heavy (non-hydrogen) atoms. The van der Waals surface area contributed by atoms with E-state index in [-0.39, 0.29) is 0 Å². The number of carbonyl (C=O) groups excluding carboxylic acids is 1. The predicted octanol–water partition coefficient (Wildman–Crippen LogP) is 1.09. The Morgan fingerprint density at radius 1 is 1.11 bits per heavy atom. The van der Waals surface area contributed by atoms with Gasteiger partial charge in [-0.3, -0.25) is 4.79 Å². The van der Waals surface area contributed by atoms with Crippen LogP contribution in [0.25, 0.3) is 0 Å². The van der Waals surface area contributed by atoms with Gasteiger partial charge in [-0.05, 0) is 37.0 Å². The molecule has 0 spiro atoms. The third-order valence-corrected chi connectivity index (χ3v) is 3.34. The Labute approximate surface area is 113 Å². The fourth-order valence-corrected chi connectivity index (χ4v) is 2.17. The van der Waals surface area contributed by atoms with Crippen molar-refractivity contribution in [1.29, 1.82) is 0 Å². The Bertz CT molecular complexity index is 461. The second-order valence-electron chi connectivity index (χ2n) is 4.78. The number of carbonyl (C=O) groups is 1. The number of guanidine groups is 1. The molecule has 1 aliphatic rings. The molecule has 4 N–H and O–H groups in total. The standard InChI is InChI=1S/C14H20N4O/c15-13(19)12-6-4-11(5-7-12)10-17-14(16)18-8-2-1-3-9-18/h4-7H,1-3,8-10H2,(H2,15,19)(H2,16,17). The van der Waals surface area contributed by atoms with Crippen molar-refractivity contribution in [3.63, 3.8) is 0 Å². The number of hydrogen-bond acceptors (Lipinski definition) is 2. The van der Waals surface area contributed by atoms with Crippen LogP contribution in [0.15, 0.2) is 29.3 Å². The Morgan fingerprint density at radius 3 is 2.32 bits per heavy atom. The van der Waals surface area contributed by atoms with Crippen molar-refractivity contribution < 1.29 is 4.79 Å². The van der Waals surface area contributed by atoms with E-state index in [1.54, 1.807) is 12.1 Å². The van der Waals surface area contributed by atoms with Gasteiger partial charge in [-0.2, -0.15) is 0 Å². The van der Waals surface area contributed by atoms with Crippen LogP contribution in [-0.2, 0) is 6.54 Å². The number of nitrogens with two attached hydrogens (primary N) is 2. The second kappa shape index (κ2) is 6.22. The maximum Gasteiger partial charge on any atom is 0.248 e. The first-order valence-electron chi connectivity index (χ1n) is 6.60. The largest absolute Gasteiger partial charge is 0.370 e. The van der Waals surface area contributed by atoms with E-state index < -0.39 is 5.91 Å². The number of piperidine rings is 1. The average Bonchev–Trinajstić information content (AvgIpc) is 2.46. The van der Waals surface area contributed by atoms with Crippen molar-refractivity contribution in [3.05, 3.63) is 35.4 Å². The van der Waals surface area contributed by atoms with Crippen LogP contribution in [0.1, 0.15) is 35.2 Å². The maximum atomic E-state index is 11.0. The van der Waals surface area contributed by atoms with Crippen LogP contribution in [0.5, 0.6) is 0 Å². The molecule has 1 aliphatic heterocycles. The number of nitrogens with zero attached hydrogens (tertiary/aromatic N) is 2. The quantitative estimate of drug-likeness (QED) is 0.630. The summed E-state index contributed by atoms with van der Waals surface area (Å²) in [5.41, 5.74) is 12.7. The molecule has 1 amide bonds. The molecule has 0 unspecified atom stereocenters. The van der Waals surface area contributed by atoms with Crippen molar-refractivity contribution in [1.82, 2.24) is 4.90 Å². The third-order valence-electron chi connectivity index (χ3n) is 3.34. The lowest BCUT2D eigenvalue weighted by molar-refractivity contribution is 0.100. The van der Waals surface area contributed by atoms with Gasteiger partial charge in [0.05, 0.1) is 6.54 Å². The maximum absolute atomic E-state index is 11.0. The molecule has 2 rings (SSSR count). The first-order chi connectivity index (χ1) is 9.16. The SMILES string of the molecule is NC(=O)c1ccc(CN=C(N)N2CCCCC2)cc1. The topological polar surface area (TPSA) is 84.7 Å². The number of amides is 1. The molecule has 1 fully saturated rings. The van der Waals surface area contributed by atoms with Gasteiger partial charge in [-0.1, -0.05) is 12.1 Å². The molecule has 0 aromatic heterocycles. The number of rotatable bonds is 3. The summed E-state index contributed by atoms with van der Waals surface area (Å²) in [6.07, 6.45) is 3.64. The monoisotopic (exact) mass is 260 g/mol. The van der Waals surface area contributed by atoms with Crippen LogP contribution < -0.4 is 11.5 Å². The van der Waals surface area contributed by atoms with E-state index >= 15 is 0 Å². The lowest BCUT2D eigenvalue weighted by Crippen LogP contribution is -2.40. The van der Waals surface area contributed by atoms with Crippen molar-refractivity contribution >= 4 is 11.9 Å². The molecular formula is C14H20N4O. The van der Waals surface area contributed by atoms with E-state index in [0.29, 0.717) is 18.1 Å². The van der Waals surface area contributed by atoms with Crippen molar-refractivity contribution in [2.75, 3.05) is 13.1 Å². The summed E-state index contributed by atoms with van der Waals surface area (Å²) in [5.74, 6) is 0.196. The molecule has 0 aliphatic carbocycles. The molecule has 1 saturated heterocycles. The summed E-state index contributed by atoms with van der Waals surface area (Å²) in [7, 11) is 0. The van der Waals surface area contributed by atoms with Crippen LogP contribution in [-0.4, -0.2) is 29.9 Å². The van der Waals surface area contributed by atoms with Gasteiger partial charge in [0.25, 0.3) is 0 Å². The summed E-state index contributed by atoms with van der Waals surface area (Å²) in [5, 5.41) is 0. The van der Waals surface area contributed by atoms with Gasteiger partial charge in [-0.25, -0.2) is 4.99 Å². The molecular weight excluding hydrogens is 240 g/mol. The molecule has 5 nitrogen and oxygen atoms in total. The molecule has 0 bridgehead atoms. The Hall–Kier alpha value is -2.04. The lowest BCUT2D eigenvalue weighted by atomic mass is 10.1. The van der Waals surface area contributed by atoms with E-state index in [2.05, 4.69) is 9.89 Å². The molecule has 5 heteroatoms. The zero-order chi connectivity index (χ0) is 13.7. The smallest absolute Gasteiger partial charge is 0.248 e. The molecule has 0 radical (unpaired) electrons. The zero-order valence-corrected chi connectivity index (χ0v) is 11.0. The summed E-state index contributed by atoms with van der Waals surface area (Å²) in [6, 6.07) is 7.13. The van der Waals surface area contributed by atoms with E-state index in [4.69, 9.17) is 11.5 Å². The van der Waals surface area contributed by atoms with Gasteiger partial charge in [0.15, 0.2) is 5.96 Å². The van der Waals surface area contributed by atoms with Crippen LogP contribution >= 0.6 is 0 Å². The normalized spacial score (nSPS) is 16.4. The van der Waals surface area contributed by atoms with E-state index in [1.165, 1.54) is 19.3 Å². The molecule has 102 valence electrons. The zero-order valence-electron chi connectivity index (χ0n) is 11.0. The summed E-state index contributed by atoms with van der Waals surface area (Å²) in [6.45, 7) is 2.52. The Balaban J connectivity index is 1.94. The van der Waals surface area contributed by atoms with Gasteiger partial charge in [0.1, 0.15) is 0 Å². The molecule has 1 heterocycles. The van der Waals surface area contributed by atoms with Gasteiger partial charge < -0.3 is 16.4 Å². The third kappa shape index (κ3) is 3.71. The molecule has 0 saturated carbocycles. The first-order valence-corrected chi connectivity index (χ1v) is 6.60. The highest BCUT2D eigenvalue weighted by molar-refractivity contribution is 5.92. The van der Waals surface area contributed by atoms with Crippen LogP contribution in [0.2, 0.25) is 0 Å². The van der Waals surface area contributed by atoms with Crippen molar-refractivity contribution in [3.8, 4) is 0 Å². The fraction of sp³-hybridized carbons (Fsp3) is 0.429. The van der Waals surface area contributed by atoms with Crippen molar-refractivity contribution in [2.24, 2.45) is 16.5 Å². The highest BCUT2D eigenvalue weighted by Crippen LogP contribution is 2.09. The summed E-state index contributed by atoms with van der Waals surface area (Å²) < 4.78 is 0. The Kier molecular flexibility index (Phi) is 4.39. The molecule has 1 aromatic rings. The minimum Gasteiger partial charge on any atom is -0.370 e. The molecule has 0 atom stereocenters. The lowest BCUT2D eigenvalue weighted by Gasteiger charge is -2.27. The van der Waals surface area contributed by atoms with Crippen LogP contribution in [0.3, 0.4) is 0 Å². The predicted molar refractivity (Wildman–Crippen MR) is 75.7 cm³/mol. The number of aliphatic imine (C=N–C) groups is 1. The minimum atomic E-state index is -0.414. The first kappa shape index (κ1) is 13.4. The van der Waals surface area contributed by atoms with Crippen LogP contribution in [0, 0.1) is 0 Å².